The molecule has 0 saturated carbocycles. The molecule has 0 spiro atoms. The standard InChI is InChI=1S/C20H19N5O5S2/c1-10-2-4-11(5-3-10)8-30-24-14(12-9-32-20(21)22-12)16(26)23-15-17(27)25-13(19(28)29)6-7-31-18(15)25/h2-6,9,15,18H,7-8H2,1H3,(H2,21,22)(H,23,26)(H,28,29)/t15?,18-/m1/s1. The number of hydrogen-bond acceptors (Lipinski definition) is 9. The van der Waals surface area contributed by atoms with Crippen LogP contribution in [0.3, 0.4) is 0 Å². The van der Waals surface area contributed by atoms with Crippen LogP contribution in [0.2, 0.25) is 0 Å². The van der Waals surface area contributed by atoms with Crippen molar-refractivity contribution in [1.82, 2.24) is 15.2 Å². The van der Waals surface area contributed by atoms with Gasteiger partial charge in [-0.2, -0.15) is 0 Å². The van der Waals surface area contributed by atoms with E-state index in [1.807, 2.05) is 31.2 Å². The lowest BCUT2D eigenvalue weighted by Gasteiger charge is -2.48. The number of carbonyl (C=O) groups is 3. The molecule has 1 aromatic carbocycles. The number of aryl methyl sites for hydroxylation is 1. The monoisotopic (exact) mass is 473 g/mol. The summed E-state index contributed by atoms with van der Waals surface area (Å²) in [5, 5.41) is 17.2. The van der Waals surface area contributed by atoms with Gasteiger partial charge in [-0.3, -0.25) is 14.5 Å². The lowest BCUT2D eigenvalue weighted by molar-refractivity contribution is -0.150. The zero-order valence-corrected chi connectivity index (χ0v) is 18.5. The smallest absolute Gasteiger partial charge is 0.352 e. The number of carbonyl (C=O) groups excluding carboxylic acids is 2. The molecule has 2 aliphatic rings. The number of β-lactam (4-membered cyclic amide) rings is 1. The van der Waals surface area contributed by atoms with Gasteiger partial charge in [0.15, 0.2) is 10.8 Å². The molecule has 0 aliphatic carbocycles. The molecule has 0 bridgehead atoms. The molecule has 4 N–H and O–H groups in total. The van der Waals surface area contributed by atoms with E-state index < -0.39 is 29.2 Å². The van der Waals surface area contributed by atoms with E-state index in [-0.39, 0.29) is 28.8 Å². The SMILES string of the molecule is Cc1ccc(CON=C(C(=O)NC2C(=O)N3C(C(=O)O)=CCS[C@H]23)c2csc(N)n2)cc1. The number of carboxylic acid groups (broad SMARTS) is 1. The summed E-state index contributed by atoms with van der Waals surface area (Å²) < 4.78 is 0. The highest BCUT2D eigenvalue weighted by Gasteiger charge is 2.53. The van der Waals surface area contributed by atoms with Gasteiger partial charge in [0, 0.05) is 11.1 Å². The second kappa shape index (κ2) is 9.01. The van der Waals surface area contributed by atoms with E-state index in [0.717, 1.165) is 22.5 Å². The summed E-state index contributed by atoms with van der Waals surface area (Å²) in [5.41, 5.74) is 7.70. The Bertz CT molecular complexity index is 1130. The Labute approximate surface area is 191 Å². The number of nitrogens with zero attached hydrogens (tertiary/aromatic N) is 3. The predicted octanol–water partition coefficient (Wildman–Crippen LogP) is 1.32. The van der Waals surface area contributed by atoms with Gasteiger partial charge in [0.25, 0.3) is 11.8 Å². The van der Waals surface area contributed by atoms with Crippen molar-refractivity contribution in [2.45, 2.75) is 24.9 Å². The van der Waals surface area contributed by atoms with E-state index in [2.05, 4.69) is 15.5 Å². The molecule has 3 heterocycles. The number of carboxylic acids is 1. The molecular formula is C20H19N5O5S2. The first-order chi connectivity index (χ1) is 15.3. The molecule has 1 unspecified atom stereocenters. The maximum absolute atomic E-state index is 13.0. The van der Waals surface area contributed by atoms with Crippen molar-refractivity contribution in [3.8, 4) is 0 Å². The molecule has 32 heavy (non-hydrogen) atoms. The summed E-state index contributed by atoms with van der Waals surface area (Å²) >= 11 is 2.50. The second-order valence-electron chi connectivity index (χ2n) is 7.05. The van der Waals surface area contributed by atoms with Crippen LogP contribution in [0.1, 0.15) is 16.8 Å². The molecule has 1 aromatic heterocycles. The van der Waals surface area contributed by atoms with Gasteiger partial charge in [0.05, 0.1) is 0 Å². The molecule has 2 atom stereocenters. The number of aliphatic carboxylic acids is 1. The summed E-state index contributed by atoms with van der Waals surface area (Å²) in [4.78, 5) is 47.5. The lowest BCUT2D eigenvalue weighted by atomic mass is 10.0. The highest BCUT2D eigenvalue weighted by molar-refractivity contribution is 8.00. The number of anilines is 1. The first-order valence-electron chi connectivity index (χ1n) is 9.51. The molecule has 1 saturated heterocycles. The van der Waals surface area contributed by atoms with Crippen LogP contribution in [-0.4, -0.2) is 55.7 Å². The number of aromatic nitrogens is 1. The van der Waals surface area contributed by atoms with Gasteiger partial charge < -0.3 is 21.0 Å². The van der Waals surface area contributed by atoms with Crippen LogP contribution >= 0.6 is 23.1 Å². The van der Waals surface area contributed by atoms with Crippen LogP contribution in [0, 0.1) is 6.92 Å². The fraction of sp³-hybridized carbons (Fsp3) is 0.250. The van der Waals surface area contributed by atoms with Crippen molar-refractivity contribution in [3.63, 3.8) is 0 Å². The van der Waals surface area contributed by atoms with E-state index in [0.29, 0.717) is 5.75 Å². The van der Waals surface area contributed by atoms with Gasteiger partial charge in [-0.05, 0) is 18.6 Å². The van der Waals surface area contributed by atoms with Crippen molar-refractivity contribution in [3.05, 3.63) is 58.2 Å². The third-order valence-corrected chi connectivity index (χ3v) is 6.70. The van der Waals surface area contributed by atoms with Gasteiger partial charge in [-0.25, -0.2) is 9.78 Å². The maximum Gasteiger partial charge on any atom is 0.352 e. The number of oxime groups is 1. The van der Waals surface area contributed by atoms with Crippen LogP contribution in [-0.2, 0) is 25.8 Å². The van der Waals surface area contributed by atoms with Gasteiger partial charge in [0.2, 0.25) is 0 Å². The summed E-state index contributed by atoms with van der Waals surface area (Å²) in [5.74, 6) is -1.92. The average molecular weight is 474 g/mol. The van der Waals surface area contributed by atoms with Gasteiger partial charge in [-0.1, -0.05) is 35.0 Å². The van der Waals surface area contributed by atoms with Gasteiger partial charge >= 0.3 is 5.97 Å². The topological polar surface area (TPSA) is 147 Å². The van der Waals surface area contributed by atoms with E-state index in [4.69, 9.17) is 10.6 Å². The fourth-order valence-electron chi connectivity index (χ4n) is 3.20. The van der Waals surface area contributed by atoms with E-state index in [1.54, 1.807) is 5.38 Å². The Morgan fingerprint density at radius 3 is 2.78 bits per heavy atom. The normalized spacial score (nSPS) is 20.2. The minimum atomic E-state index is -1.18. The Morgan fingerprint density at radius 1 is 1.38 bits per heavy atom. The number of amides is 2. The Kier molecular flexibility index (Phi) is 6.15. The van der Waals surface area contributed by atoms with E-state index in [9.17, 15) is 19.5 Å². The van der Waals surface area contributed by atoms with Crippen LogP contribution in [0.4, 0.5) is 5.13 Å². The van der Waals surface area contributed by atoms with Crippen molar-refractivity contribution in [2.24, 2.45) is 5.16 Å². The zero-order chi connectivity index (χ0) is 22.8. The highest BCUT2D eigenvalue weighted by atomic mass is 32.2. The molecule has 2 amide bonds. The molecule has 4 rings (SSSR count). The number of rotatable bonds is 7. The first-order valence-corrected chi connectivity index (χ1v) is 11.4. The molecule has 2 aliphatic heterocycles. The number of thiazole rings is 1. The molecule has 2 aromatic rings. The highest BCUT2D eigenvalue weighted by Crippen LogP contribution is 2.37. The summed E-state index contributed by atoms with van der Waals surface area (Å²) in [6, 6.07) is 6.77. The van der Waals surface area contributed by atoms with Gasteiger partial charge in [0.1, 0.15) is 29.4 Å². The van der Waals surface area contributed by atoms with Crippen LogP contribution in [0.5, 0.6) is 0 Å². The van der Waals surface area contributed by atoms with Crippen LogP contribution < -0.4 is 11.1 Å². The third kappa shape index (κ3) is 4.32. The number of benzene rings is 1. The summed E-state index contributed by atoms with van der Waals surface area (Å²) in [6.45, 7) is 2.11. The molecule has 10 nitrogen and oxygen atoms in total. The second-order valence-corrected chi connectivity index (χ2v) is 9.09. The van der Waals surface area contributed by atoms with Crippen molar-refractivity contribution in [2.75, 3.05) is 11.5 Å². The van der Waals surface area contributed by atoms with Crippen LogP contribution in [0.25, 0.3) is 0 Å². The number of nitrogens with one attached hydrogen (secondary N) is 1. The van der Waals surface area contributed by atoms with Crippen LogP contribution in [0.15, 0.2) is 46.6 Å². The van der Waals surface area contributed by atoms with E-state index in [1.165, 1.54) is 22.7 Å². The minimum Gasteiger partial charge on any atom is -0.477 e. The maximum atomic E-state index is 13.0. The Hall–Kier alpha value is -3.38. The molecule has 0 radical (unpaired) electrons. The molecular weight excluding hydrogens is 454 g/mol. The quantitative estimate of drug-likeness (QED) is 0.310. The lowest BCUT2D eigenvalue weighted by Crippen LogP contribution is -2.70. The number of nitrogen functional groups attached to an aromatic ring is 1. The number of fused-ring (bicyclic) bond motifs is 1. The minimum absolute atomic E-state index is 0.0770. The summed E-state index contributed by atoms with van der Waals surface area (Å²) in [6.07, 6.45) is 1.48. The van der Waals surface area contributed by atoms with E-state index >= 15 is 0 Å². The number of hydrogen-bond donors (Lipinski definition) is 3. The number of nitrogens with two attached hydrogens (primary N) is 1. The van der Waals surface area contributed by atoms with Crippen molar-refractivity contribution in [1.29, 1.82) is 0 Å². The first kappa shape index (κ1) is 21.8. The predicted molar refractivity (Wildman–Crippen MR) is 120 cm³/mol. The average Bonchev–Trinajstić information content (AvgIpc) is 3.21. The third-order valence-electron chi connectivity index (χ3n) is 4.84. The molecule has 12 heteroatoms. The fourth-order valence-corrected chi connectivity index (χ4v) is 4.95. The molecule has 166 valence electrons. The van der Waals surface area contributed by atoms with Gasteiger partial charge in [-0.15, -0.1) is 23.1 Å². The molecule has 1 fully saturated rings. The Balaban J connectivity index is 1.48. The largest absolute Gasteiger partial charge is 0.477 e. The summed E-state index contributed by atoms with van der Waals surface area (Å²) in [7, 11) is 0. The van der Waals surface area contributed by atoms with Crippen molar-refractivity contribution >= 4 is 51.7 Å². The zero-order valence-electron chi connectivity index (χ0n) is 16.8. The van der Waals surface area contributed by atoms with Crippen molar-refractivity contribution < 1.29 is 24.3 Å². The Morgan fingerprint density at radius 2 is 2.12 bits per heavy atom. The number of thioether (sulfide) groups is 1.